The highest BCUT2D eigenvalue weighted by Gasteiger charge is 2.18. The minimum absolute atomic E-state index is 0.0548. The predicted molar refractivity (Wildman–Crippen MR) is 108 cm³/mol. The molecule has 0 fully saturated rings. The molecule has 0 atom stereocenters. The van der Waals surface area contributed by atoms with Crippen LogP contribution in [0.5, 0.6) is 0 Å². The van der Waals surface area contributed by atoms with Gasteiger partial charge >= 0.3 is 11.9 Å². The normalized spacial score (nSPS) is 10.5. The van der Waals surface area contributed by atoms with Crippen molar-refractivity contribution in [2.45, 2.75) is 13.5 Å². The van der Waals surface area contributed by atoms with Crippen molar-refractivity contribution in [1.82, 2.24) is 9.55 Å². The highest BCUT2D eigenvalue weighted by molar-refractivity contribution is 6.03. The number of benzene rings is 2. The highest BCUT2D eigenvalue weighted by atomic mass is 16.5. The van der Waals surface area contributed by atoms with Crippen LogP contribution in [-0.2, 0) is 20.8 Å². The smallest absolute Gasteiger partial charge is 0.339 e. The molecule has 0 saturated carbocycles. The third kappa shape index (κ3) is 4.04. The van der Waals surface area contributed by atoms with Crippen LogP contribution >= 0.6 is 0 Å². The maximum absolute atomic E-state index is 12.7. The Morgan fingerprint density at radius 3 is 2.43 bits per heavy atom. The molecule has 0 aliphatic rings. The molecule has 1 heterocycles. The van der Waals surface area contributed by atoms with E-state index in [-0.39, 0.29) is 28.9 Å². The third-order valence-electron chi connectivity index (χ3n) is 4.47. The number of amides is 1. The first-order valence-electron chi connectivity index (χ1n) is 8.92. The van der Waals surface area contributed by atoms with E-state index in [1.807, 2.05) is 0 Å². The Labute approximate surface area is 171 Å². The number of aryl methyl sites for hydroxylation is 1. The molecule has 2 aromatic carbocycles. The summed E-state index contributed by atoms with van der Waals surface area (Å²) in [7, 11) is 2.42. The predicted octanol–water partition coefficient (Wildman–Crippen LogP) is 1.92. The molecule has 0 aliphatic heterocycles. The molecular weight excluding hydrogens is 390 g/mol. The molecule has 1 N–H and O–H groups in total. The molecule has 0 radical (unpaired) electrons. The summed E-state index contributed by atoms with van der Waals surface area (Å²) in [6.07, 6.45) is 0. The number of aromatic nitrogens is 2. The second-order valence-corrected chi connectivity index (χ2v) is 6.36. The molecule has 1 amide bonds. The number of ether oxygens (including phenoxy) is 2. The Morgan fingerprint density at radius 2 is 1.73 bits per heavy atom. The van der Waals surface area contributed by atoms with Gasteiger partial charge in [-0.3, -0.25) is 14.2 Å². The van der Waals surface area contributed by atoms with Gasteiger partial charge in [-0.1, -0.05) is 12.1 Å². The number of hydrogen-bond acceptors (Lipinski definition) is 7. The number of para-hydroxylation sites is 1. The van der Waals surface area contributed by atoms with Crippen molar-refractivity contribution in [3.05, 3.63) is 69.8 Å². The van der Waals surface area contributed by atoms with E-state index in [2.05, 4.69) is 15.0 Å². The van der Waals surface area contributed by atoms with Crippen LogP contribution in [0.3, 0.4) is 0 Å². The highest BCUT2D eigenvalue weighted by Crippen LogP contribution is 2.20. The zero-order chi connectivity index (χ0) is 21.8. The Morgan fingerprint density at radius 1 is 1.03 bits per heavy atom. The number of anilines is 1. The van der Waals surface area contributed by atoms with Crippen LogP contribution < -0.4 is 10.9 Å². The zero-order valence-electron chi connectivity index (χ0n) is 16.6. The lowest BCUT2D eigenvalue weighted by Crippen LogP contribution is -2.30. The van der Waals surface area contributed by atoms with E-state index in [9.17, 15) is 19.2 Å². The van der Waals surface area contributed by atoms with Gasteiger partial charge < -0.3 is 14.8 Å². The van der Waals surface area contributed by atoms with E-state index < -0.39 is 17.8 Å². The molecule has 1 aromatic heterocycles. The summed E-state index contributed by atoms with van der Waals surface area (Å²) in [5.74, 6) is -1.54. The van der Waals surface area contributed by atoms with E-state index in [0.717, 1.165) is 0 Å². The van der Waals surface area contributed by atoms with Gasteiger partial charge in [0.15, 0.2) is 0 Å². The number of carbonyl (C=O) groups excluding carboxylic acids is 3. The summed E-state index contributed by atoms with van der Waals surface area (Å²) in [5.41, 5.74) is 0.440. The molecule has 9 heteroatoms. The third-order valence-corrected chi connectivity index (χ3v) is 4.47. The first-order valence-corrected chi connectivity index (χ1v) is 8.92. The van der Waals surface area contributed by atoms with Gasteiger partial charge in [0, 0.05) is 0 Å². The summed E-state index contributed by atoms with van der Waals surface area (Å²) < 4.78 is 10.6. The minimum Gasteiger partial charge on any atom is -0.465 e. The van der Waals surface area contributed by atoms with E-state index in [0.29, 0.717) is 16.7 Å². The average molecular weight is 409 g/mol. The second kappa shape index (κ2) is 8.56. The lowest BCUT2D eigenvalue weighted by molar-refractivity contribution is -0.116. The molecule has 0 saturated heterocycles. The fourth-order valence-corrected chi connectivity index (χ4v) is 2.98. The van der Waals surface area contributed by atoms with Crippen LogP contribution in [0.25, 0.3) is 10.9 Å². The zero-order valence-corrected chi connectivity index (χ0v) is 16.6. The van der Waals surface area contributed by atoms with Crippen molar-refractivity contribution >= 4 is 34.4 Å². The molecule has 30 heavy (non-hydrogen) atoms. The van der Waals surface area contributed by atoms with Gasteiger partial charge in [-0.05, 0) is 37.3 Å². The first-order chi connectivity index (χ1) is 14.3. The van der Waals surface area contributed by atoms with Crippen molar-refractivity contribution in [2.75, 3.05) is 19.5 Å². The van der Waals surface area contributed by atoms with Gasteiger partial charge in [-0.2, -0.15) is 0 Å². The second-order valence-electron chi connectivity index (χ2n) is 6.36. The van der Waals surface area contributed by atoms with Crippen molar-refractivity contribution in [3.8, 4) is 0 Å². The van der Waals surface area contributed by atoms with Crippen molar-refractivity contribution in [2.24, 2.45) is 0 Å². The van der Waals surface area contributed by atoms with E-state index in [1.54, 1.807) is 31.2 Å². The van der Waals surface area contributed by atoms with Crippen LogP contribution in [0.4, 0.5) is 5.69 Å². The van der Waals surface area contributed by atoms with Crippen LogP contribution in [0, 0.1) is 6.92 Å². The molecule has 0 unspecified atom stereocenters. The Balaban J connectivity index is 1.94. The van der Waals surface area contributed by atoms with Crippen LogP contribution in [0.2, 0.25) is 0 Å². The van der Waals surface area contributed by atoms with E-state index in [4.69, 9.17) is 4.74 Å². The molecule has 0 spiro atoms. The van der Waals surface area contributed by atoms with Crippen LogP contribution in [-0.4, -0.2) is 41.6 Å². The lowest BCUT2D eigenvalue weighted by Gasteiger charge is -2.13. The standard InChI is InChI=1S/C21H19N3O6/c1-12-22-16-7-5-4-6-14(16)19(26)24(12)11-18(25)23-17-10-13(20(27)29-2)8-9-15(17)21(28)30-3/h4-10H,11H2,1-3H3,(H,23,25). The average Bonchev–Trinajstić information content (AvgIpc) is 2.75. The lowest BCUT2D eigenvalue weighted by atomic mass is 10.1. The largest absolute Gasteiger partial charge is 0.465 e. The number of esters is 2. The minimum atomic E-state index is -0.692. The molecule has 154 valence electrons. The summed E-state index contributed by atoms with van der Waals surface area (Å²) in [6.45, 7) is 1.30. The van der Waals surface area contributed by atoms with Gasteiger partial charge in [-0.25, -0.2) is 14.6 Å². The molecule has 0 aliphatic carbocycles. The van der Waals surface area contributed by atoms with Crippen molar-refractivity contribution < 1.29 is 23.9 Å². The maximum Gasteiger partial charge on any atom is 0.339 e. The Hall–Kier alpha value is -4.01. The van der Waals surface area contributed by atoms with Crippen LogP contribution in [0.15, 0.2) is 47.3 Å². The van der Waals surface area contributed by atoms with Gasteiger partial charge in [0.2, 0.25) is 5.91 Å². The van der Waals surface area contributed by atoms with Gasteiger partial charge in [0.25, 0.3) is 5.56 Å². The summed E-state index contributed by atoms with van der Waals surface area (Å²) in [6, 6.07) is 10.9. The van der Waals surface area contributed by atoms with Crippen molar-refractivity contribution in [3.63, 3.8) is 0 Å². The summed E-state index contributed by atoms with van der Waals surface area (Å²) in [5, 5.41) is 2.95. The van der Waals surface area contributed by atoms with Gasteiger partial charge in [0.05, 0.1) is 41.9 Å². The summed E-state index contributed by atoms with van der Waals surface area (Å²) >= 11 is 0. The number of nitrogens with zero attached hydrogens (tertiary/aromatic N) is 2. The Kier molecular flexibility index (Phi) is 5.91. The molecule has 9 nitrogen and oxygen atoms in total. The number of carbonyl (C=O) groups is 3. The molecule has 3 aromatic rings. The van der Waals surface area contributed by atoms with Crippen molar-refractivity contribution in [1.29, 1.82) is 0 Å². The fourth-order valence-electron chi connectivity index (χ4n) is 2.98. The number of nitrogens with one attached hydrogen (secondary N) is 1. The quantitative estimate of drug-likeness (QED) is 0.640. The molecule has 3 rings (SSSR count). The molecular formula is C21H19N3O6. The number of rotatable bonds is 5. The van der Waals surface area contributed by atoms with E-state index >= 15 is 0 Å². The monoisotopic (exact) mass is 409 g/mol. The topological polar surface area (TPSA) is 117 Å². The Bertz CT molecular complexity index is 1220. The molecule has 0 bridgehead atoms. The maximum atomic E-state index is 12.7. The number of methoxy groups -OCH3 is 2. The van der Waals surface area contributed by atoms with Gasteiger partial charge in [0.1, 0.15) is 12.4 Å². The van der Waals surface area contributed by atoms with Crippen LogP contribution in [0.1, 0.15) is 26.5 Å². The number of hydrogen-bond donors (Lipinski definition) is 1. The SMILES string of the molecule is COC(=O)c1ccc(C(=O)OC)c(NC(=O)Cn2c(C)nc3ccccc3c2=O)c1. The number of fused-ring (bicyclic) bond motifs is 1. The van der Waals surface area contributed by atoms with Gasteiger partial charge in [-0.15, -0.1) is 0 Å². The fraction of sp³-hybridized carbons (Fsp3) is 0.190. The summed E-state index contributed by atoms with van der Waals surface area (Å²) in [4.78, 5) is 53.6. The van der Waals surface area contributed by atoms with E-state index in [1.165, 1.54) is 37.0 Å². The first kappa shape index (κ1) is 20.7.